The summed E-state index contributed by atoms with van der Waals surface area (Å²) in [6, 6.07) is 16.4. The maximum absolute atomic E-state index is 12.4. The average Bonchev–Trinajstić information content (AvgIpc) is 2.77. The predicted molar refractivity (Wildman–Crippen MR) is 108 cm³/mol. The smallest absolute Gasteiger partial charge is 0.338 e. The molecule has 0 radical (unpaired) electrons. The SMILES string of the molecule is CC(c1ccccc1)N1CCN(C(=O)COC(=O)c2ccc(C(N)=O)cc2)CC1. The first-order valence-electron chi connectivity index (χ1n) is 9.59. The van der Waals surface area contributed by atoms with E-state index < -0.39 is 11.9 Å². The Balaban J connectivity index is 1.46. The second kappa shape index (κ2) is 9.34. The lowest BCUT2D eigenvalue weighted by molar-refractivity contribution is -0.136. The highest BCUT2D eigenvalue weighted by Gasteiger charge is 2.25. The molecular formula is C22H25N3O4. The predicted octanol–water partition coefficient (Wildman–Crippen LogP) is 1.85. The van der Waals surface area contributed by atoms with Crippen LogP contribution < -0.4 is 5.73 Å². The summed E-state index contributed by atoms with van der Waals surface area (Å²) in [5.74, 6) is -1.38. The van der Waals surface area contributed by atoms with E-state index in [4.69, 9.17) is 10.5 Å². The van der Waals surface area contributed by atoms with Gasteiger partial charge in [0.1, 0.15) is 0 Å². The van der Waals surface area contributed by atoms with Crippen LogP contribution in [0.25, 0.3) is 0 Å². The quantitative estimate of drug-likeness (QED) is 0.754. The Morgan fingerprint density at radius 1 is 0.931 bits per heavy atom. The summed E-state index contributed by atoms with van der Waals surface area (Å²) in [5, 5.41) is 0. The van der Waals surface area contributed by atoms with Crippen LogP contribution in [0.4, 0.5) is 0 Å². The number of hydrogen-bond acceptors (Lipinski definition) is 5. The van der Waals surface area contributed by atoms with Gasteiger partial charge in [-0.1, -0.05) is 30.3 Å². The van der Waals surface area contributed by atoms with Crippen molar-refractivity contribution >= 4 is 17.8 Å². The standard InChI is InChI=1S/C22H25N3O4/c1-16(17-5-3-2-4-6-17)24-11-13-25(14-12-24)20(26)15-29-22(28)19-9-7-18(8-10-19)21(23)27/h2-10,16H,11-15H2,1H3,(H2,23,27). The van der Waals surface area contributed by atoms with Gasteiger partial charge in [-0.25, -0.2) is 4.79 Å². The van der Waals surface area contributed by atoms with Gasteiger partial charge in [0.25, 0.3) is 5.91 Å². The second-order valence-electron chi connectivity index (χ2n) is 7.02. The van der Waals surface area contributed by atoms with Crippen LogP contribution in [-0.4, -0.2) is 60.4 Å². The summed E-state index contributed by atoms with van der Waals surface area (Å²) in [6.45, 7) is 4.60. The lowest BCUT2D eigenvalue weighted by Crippen LogP contribution is -2.50. The van der Waals surface area contributed by atoms with E-state index in [9.17, 15) is 14.4 Å². The fourth-order valence-corrected chi connectivity index (χ4v) is 3.37. The number of esters is 1. The number of benzene rings is 2. The molecule has 1 aliphatic heterocycles. The van der Waals surface area contributed by atoms with Gasteiger partial charge in [0.15, 0.2) is 6.61 Å². The minimum absolute atomic E-state index is 0.209. The van der Waals surface area contributed by atoms with Crippen LogP contribution in [0.15, 0.2) is 54.6 Å². The van der Waals surface area contributed by atoms with Crippen molar-refractivity contribution in [2.45, 2.75) is 13.0 Å². The van der Waals surface area contributed by atoms with Crippen molar-refractivity contribution in [2.24, 2.45) is 5.73 Å². The van der Waals surface area contributed by atoms with Gasteiger partial charge in [-0.15, -0.1) is 0 Å². The first kappa shape index (κ1) is 20.5. The molecule has 1 saturated heterocycles. The van der Waals surface area contributed by atoms with Gasteiger partial charge in [-0.3, -0.25) is 14.5 Å². The third kappa shape index (κ3) is 5.20. The third-order valence-electron chi connectivity index (χ3n) is 5.23. The van der Waals surface area contributed by atoms with Gasteiger partial charge < -0.3 is 15.4 Å². The largest absolute Gasteiger partial charge is 0.452 e. The minimum Gasteiger partial charge on any atom is -0.452 e. The van der Waals surface area contributed by atoms with Crippen LogP contribution in [0.5, 0.6) is 0 Å². The maximum Gasteiger partial charge on any atom is 0.338 e. The van der Waals surface area contributed by atoms with Crippen molar-refractivity contribution in [2.75, 3.05) is 32.8 Å². The fraction of sp³-hybridized carbons (Fsp3) is 0.318. The number of carbonyl (C=O) groups is 3. The Bertz CT molecular complexity index is 859. The van der Waals surface area contributed by atoms with Crippen LogP contribution in [-0.2, 0) is 9.53 Å². The molecule has 0 spiro atoms. The molecule has 1 atom stereocenters. The molecule has 1 aliphatic rings. The zero-order valence-corrected chi connectivity index (χ0v) is 16.4. The van der Waals surface area contributed by atoms with Crippen LogP contribution in [0.1, 0.15) is 39.2 Å². The summed E-state index contributed by atoms with van der Waals surface area (Å²) in [4.78, 5) is 39.6. The molecule has 2 N–H and O–H groups in total. The lowest BCUT2D eigenvalue weighted by Gasteiger charge is -2.38. The summed E-state index contributed by atoms with van der Waals surface area (Å²) < 4.78 is 5.13. The Morgan fingerprint density at radius 3 is 2.10 bits per heavy atom. The molecule has 0 aromatic heterocycles. The van der Waals surface area contributed by atoms with Crippen LogP contribution in [0.3, 0.4) is 0 Å². The molecule has 152 valence electrons. The molecule has 2 amide bonds. The van der Waals surface area contributed by atoms with Crippen LogP contribution in [0, 0.1) is 0 Å². The first-order chi connectivity index (χ1) is 14.0. The highest BCUT2D eigenvalue weighted by molar-refractivity contribution is 5.95. The molecule has 1 heterocycles. The molecule has 2 aromatic carbocycles. The average molecular weight is 395 g/mol. The van der Waals surface area contributed by atoms with Crippen molar-refractivity contribution in [1.82, 2.24) is 9.80 Å². The third-order valence-corrected chi connectivity index (χ3v) is 5.23. The number of nitrogens with zero attached hydrogens (tertiary/aromatic N) is 2. The van der Waals surface area contributed by atoms with Crippen molar-refractivity contribution in [3.05, 3.63) is 71.3 Å². The summed E-state index contributed by atoms with van der Waals surface area (Å²) in [5.41, 5.74) is 7.00. The minimum atomic E-state index is -0.606. The number of carbonyl (C=O) groups excluding carboxylic acids is 3. The van der Waals surface area contributed by atoms with Crippen molar-refractivity contribution < 1.29 is 19.1 Å². The van der Waals surface area contributed by atoms with Crippen molar-refractivity contribution in [1.29, 1.82) is 0 Å². The highest BCUT2D eigenvalue weighted by Crippen LogP contribution is 2.21. The summed E-state index contributed by atoms with van der Waals surface area (Å²) in [6.07, 6.45) is 0. The lowest BCUT2D eigenvalue weighted by atomic mass is 10.1. The van der Waals surface area contributed by atoms with E-state index in [0.29, 0.717) is 18.7 Å². The van der Waals surface area contributed by atoms with Gasteiger partial charge in [0.2, 0.25) is 5.91 Å². The number of nitrogens with two attached hydrogens (primary N) is 1. The van der Waals surface area contributed by atoms with E-state index in [1.807, 2.05) is 18.2 Å². The second-order valence-corrected chi connectivity index (χ2v) is 7.02. The van der Waals surface area contributed by atoms with Crippen molar-refractivity contribution in [3.8, 4) is 0 Å². The topological polar surface area (TPSA) is 92.9 Å². The monoisotopic (exact) mass is 395 g/mol. The Morgan fingerprint density at radius 2 is 1.52 bits per heavy atom. The molecule has 7 nitrogen and oxygen atoms in total. The van der Waals surface area contributed by atoms with E-state index in [1.54, 1.807) is 4.90 Å². The van der Waals surface area contributed by atoms with Crippen LogP contribution in [0.2, 0.25) is 0 Å². The number of rotatable bonds is 6. The highest BCUT2D eigenvalue weighted by atomic mass is 16.5. The number of piperazine rings is 1. The van der Waals surface area contributed by atoms with E-state index in [0.717, 1.165) is 13.1 Å². The number of ether oxygens (including phenoxy) is 1. The fourth-order valence-electron chi connectivity index (χ4n) is 3.37. The number of primary amides is 1. The van der Waals surface area contributed by atoms with Gasteiger partial charge in [0.05, 0.1) is 5.56 Å². The van der Waals surface area contributed by atoms with Crippen molar-refractivity contribution in [3.63, 3.8) is 0 Å². The van der Waals surface area contributed by atoms with E-state index >= 15 is 0 Å². The molecule has 7 heteroatoms. The molecule has 1 unspecified atom stereocenters. The van der Waals surface area contributed by atoms with E-state index in [-0.39, 0.29) is 24.1 Å². The molecule has 0 aliphatic carbocycles. The van der Waals surface area contributed by atoms with Crippen LogP contribution >= 0.6 is 0 Å². The van der Waals surface area contributed by atoms with Gasteiger partial charge in [-0.2, -0.15) is 0 Å². The number of amides is 2. The maximum atomic E-state index is 12.4. The first-order valence-corrected chi connectivity index (χ1v) is 9.59. The Labute approximate surface area is 170 Å². The summed E-state index contributed by atoms with van der Waals surface area (Å²) in [7, 11) is 0. The van der Waals surface area contributed by atoms with Gasteiger partial charge >= 0.3 is 5.97 Å². The van der Waals surface area contributed by atoms with Gasteiger partial charge in [-0.05, 0) is 36.8 Å². The van der Waals surface area contributed by atoms with Gasteiger partial charge in [0, 0.05) is 37.8 Å². The van der Waals surface area contributed by atoms with E-state index in [1.165, 1.54) is 29.8 Å². The Kier molecular flexibility index (Phi) is 6.61. The molecule has 2 aromatic rings. The Hall–Kier alpha value is -3.19. The molecule has 29 heavy (non-hydrogen) atoms. The number of hydrogen-bond donors (Lipinski definition) is 1. The normalized spacial score (nSPS) is 15.6. The molecule has 0 bridgehead atoms. The summed E-state index contributed by atoms with van der Waals surface area (Å²) >= 11 is 0. The zero-order chi connectivity index (χ0) is 20.8. The molecule has 1 fully saturated rings. The molecule has 3 rings (SSSR count). The van der Waals surface area contributed by atoms with E-state index in [2.05, 4.69) is 24.0 Å². The zero-order valence-electron chi connectivity index (χ0n) is 16.4. The molecule has 0 saturated carbocycles. The molecular weight excluding hydrogens is 370 g/mol.